The van der Waals surface area contributed by atoms with Gasteiger partial charge in [0.1, 0.15) is 0 Å². The molecule has 154 valence electrons. The van der Waals surface area contributed by atoms with Crippen molar-refractivity contribution in [3.63, 3.8) is 0 Å². The van der Waals surface area contributed by atoms with Crippen molar-refractivity contribution in [1.82, 2.24) is 15.3 Å². The maximum Gasteiger partial charge on any atom is 0.253 e. The van der Waals surface area contributed by atoms with Crippen LogP contribution in [-0.2, 0) is 4.79 Å². The third-order valence-corrected chi connectivity index (χ3v) is 4.52. The molecule has 30 heavy (non-hydrogen) atoms. The summed E-state index contributed by atoms with van der Waals surface area (Å²) in [7, 11) is 0. The topological polar surface area (TPSA) is 96.0 Å². The fraction of sp³-hybridized carbons (Fsp3) is 0.143. The Morgan fingerprint density at radius 3 is 2.33 bits per heavy atom. The van der Waals surface area contributed by atoms with Gasteiger partial charge in [0.2, 0.25) is 11.9 Å². The number of carbonyl (C=O) groups excluding carboxylic acids is 2. The number of nitrogens with one attached hydrogen (secondary N) is 3. The quantitative estimate of drug-likeness (QED) is 0.520. The van der Waals surface area contributed by atoms with Gasteiger partial charge in [0, 0.05) is 27.8 Å². The van der Waals surface area contributed by atoms with E-state index < -0.39 is 5.91 Å². The van der Waals surface area contributed by atoms with Crippen LogP contribution in [0.25, 0.3) is 0 Å². The van der Waals surface area contributed by atoms with E-state index in [0.29, 0.717) is 16.7 Å². The second-order valence-electron chi connectivity index (χ2n) is 6.54. The van der Waals surface area contributed by atoms with E-state index in [0.717, 1.165) is 17.1 Å². The van der Waals surface area contributed by atoms with Crippen LogP contribution in [0.3, 0.4) is 0 Å². The summed E-state index contributed by atoms with van der Waals surface area (Å²) < 4.78 is 0. The van der Waals surface area contributed by atoms with E-state index in [1.807, 2.05) is 26.0 Å². The lowest BCUT2D eigenvalue weighted by atomic mass is 10.2. The van der Waals surface area contributed by atoms with Gasteiger partial charge in [-0.3, -0.25) is 9.59 Å². The van der Waals surface area contributed by atoms with E-state index in [-0.39, 0.29) is 23.0 Å². The van der Waals surface area contributed by atoms with E-state index >= 15 is 0 Å². The molecule has 0 aliphatic heterocycles. The number of nitrogens with zero attached hydrogens (tertiary/aromatic N) is 2. The second-order valence-corrected chi connectivity index (χ2v) is 7.38. The zero-order valence-corrected chi connectivity index (χ0v) is 17.8. The zero-order valence-electron chi connectivity index (χ0n) is 16.3. The smallest absolute Gasteiger partial charge is 0.253 e. The molecule has 0 fully saturated rings. The van der Waals surface area contributed by atoms with Gasteiger partial charge in [0.15, 0.2) is 0 Å². The predicted molar refractivity (Wildman–Crippen MR) is 119 cm³/mol. The van der Waals surface area contributed by atoms with E-state index in [1.54, 1.807) is 24.3 Å². The van der Waals surface area contributed by atoms with Crippen LogP contribution >= 0.6 is 23.2 Å². The normalized spacial score (nSPS) is 10.4. The summed E-state index contributed by atoms with van der Waals surface area (Å²) >= 11 is 11.8. The third kappa shape index (κ3) is 5.92. The standard InChI is InChI=1S/C21H19Cl2N5O2/c1-12-8-13(2)26-21(25-12)28-16-5-3-4-15(10-16)27-19(29)11-24-20(30)17-7-6-14(22)9-18(17)23/h3-10H,11H2,1-2H3,(H,24,30)(H,27,29)(H,25,26,28). The maximum atomic E-state index is 12.2. The van der Waals surface area contributed by atoms with Crippen molar-refractivity contribution in [1.29, 1.82) is 0 Å². The molecule has 0 spiro atoms. The van der Waals surface area contributed by atoms with Crippen molar-refractivity contribution in [2.45, 2.75) is 13.8 Å². The summed E-state index contributed by atoms with van der Waals surface area (Å²) in [4.78, 5) is 33.1. The molecule has 0 bridgehead atoms. The molecule has 0 saturated heterocycles. The van der Waals surface area contributed by atoms with Gasteiger partial charge in [-0.25, -0.2) is 9.97 Å². The van der Waals surface area contributed by atoms with Crippen LogP contribution in [0, 0.1) is 13.8 Å². The highest BCUT2D eigenvalue weighted by molar-refractivity contribution is 6.36. The molecule has 0 saturated carbocycles. The first-order valence-corrected chi connectivity index (χ1v) is 9.78. The molecule has 0 aliphatic carbocycles. The molecule has 0 atom stereocenters. The van der Waals surface area contributed by atoms with Crippen LogP contribution in [0.1, 0.15) is 21.7 Å². The average molecular weight is 444 g/mol. The Kier molecular flexibility index (Phi) is 6.87. The summed E-state index contributed by atoms with van der Waals surface area (Å²) in [6.45, 7) is 3.57. The molecular formula is C21H19Cl2N5O2. The molecule has 1 aromatic heterocycles. The van der Waals surface area contributed by atoms with Gasteiger partial charge in [-0.05, 0) is 56.3 Å². The van der Waals surface area contributed by atoms with Gasteiger partial charge in [-0.1, -0.05) is 29.3 Å². The molecule has 2 aromatic carbocycles. The lowest BCUT2D eigenvalue weighted by Gasteiger charge is -2.10. The van der Waals surface area contributed by atoms with Gasteiger partial charge >= 0.3 is 0 Å². The SMILES string of the molecule is Cc1cc(C)nc(Nc2cccc(NC(=O)CNC(=O)c3ccc(Cl)cc3Cl)c2)n1. The van der Waals surface area contributed by atoms with Crippen LogP contribution in [0.5, 0.6) is 0 Å². The van der Waals surface area contributed by atoms with Crippen molar-refractivity contribution < 1.29 is 9.59 Å². The number of hydrogen-bond donors (Lipinski definition) is 3. The van der Waals surface area contributed by atoms with Crippen molar-refractivity contribution in [3.8, 4) is 0 Å². The van der Waals surface area contributed by atoms with Crippen molar-refractivity contribution in [3.05, 3.63) is 75.5 Å². The van der Waals surface area contributed by atoms with E-state index in [4.69, 9.17) is 23.2 Å². The van der Waals surface area contributed by atoms with Gasteiger partial charge in [-0.2, -0.15) is 0 Å². The lowest BCUT2D eigenvalue weighted by Crippen LogP contribution is -2.33. The first-order valence-electron chi connectivity index (χ1n) is 9.02. The average Bonchev–Trinajstić information content (AvgIpc) is 2.65. The van der Waals surface area contributed by atoms with E-state index in [2.05, 4.69) is 25.9 Å². The summed E-state index contributed by atoms with van der Waals surface area (Å²) in [6, 6.07) is 13.5. The zero-order chi connectivity index (χ0) is 21.7. The van der Waals surface area contributed by atoms with Crippen LogP contribution in [0.4, 0.5) is 17.3 Å². The monoisotopic (exact) mass is 443 g/mol. The van der Waals surface area contributed by atoms with Crippen molar-refractivity contribution in [2.24, 2.45) is 0 Å². The summed E-state index contributed by atoms with van der Waals surface area (Å²) in [5.74, 6) is -0.370. The molecular weight excluding hydrogens is 425 g/mol. The number of anilines is 3. The minimum atomic E-state index is -0.464. The highest BCUT2D eigenvalue weighted by Gasteiger charge is 2.12. The molecule has 0 radical (unpaired) electrons. The Bertz CT molecular complexity index is 1080. The Morgan fingerprint density at radius 1 is 0.933 bits per heavy atom. The lowest BCUT2D eigenvalue weighted by molar-refractivity contribution is -0.115. The van der Waals surface area contributed by atoms with Crippen molar-refractivity contribution >= 4 is 52.3 Å². The molecule has 3 N–H and O–H groups in total. The minimum absolute atomic E-state index is 0.213. The molecule has 9 heteroatoms. The van der Waals surface area contributed by atoms with Crippen LogP contribution in [-0.4, -0.2) is 28.3 Å². The number of rotatable bonds is 6. The number of aryl methyl sites for hydroxylation is 2. The molecule has 0 aliphatic rings. The number of halogens is 2. The first-order chi connectivity index (χ1) is 14.3. The fourth-order valence-electron chi connectivity index (χ4n) is 2.72. The number of carbonyl (C=O) groups is 2. The van der Waals surface area contributed by atoms with E-state index in [9.17, 15) is 9.59 Å². The Hall–Kier alpha value is -3.16. The Labute approximate surface area is 183 Å². The van der Waals surface area contributed by atoms with Gasteiger partial charge < -0.3 is 16.0 Å². The molecule has 0 unspecified atom stereocenters. The Balaban J connectivity index is 1.59. The summed E-state index contributed by atoms with van der Waals surface area (Å²) in [5.41, 5.74) is 3.23. The molecule has 3 rings (SSSR count). The summed E-state index contributed by atoms with van der Waals surface area (Å²) in [5, 5.41) is 9.02. The number of hydrogen-bond acceptors (Lipinski definition) is 5. The van der Waals surface area contributed by atoms with Crippen LogP contribution < -0.4 is 16.0 Å². The number of aromatic nitrogens is 2. The first kappa shape index (κ1) is 21.5. The minimum Gasteiger partial charge on any atom is -0.343 e. The predicted octanol–water partition coefficient (Wildman–Crippen LogP) is 4.51. The second kappa shape index (κ2) is 9.56. The molecule has 3 aromatic rings. The van der Waals surface area contributed by atoms with Gasteiger partial charge in [0.25, 0.3) is 5.91 Å². The van der Waals surface area contributed by atoms with Crippen LogP contribution in [0.15, 0.2) is 48.5 Å². The highest BCUT2D eigenvalue weighted by Crippen LogP contribution is 2.21. The highest BCUT2D eigenvalue weighted by atomic mass is 35.5. The van der Waals surface area contributed by atoms with Gasteiger partial charge in [0.05, 0.1) is 17.1 Å². The third-order valence-electron chi connectivity index (χ3n) is 3.97. The van der Waals surface area contributed by atoms with Crippen LogP contribution in [0.2, 0.25) is 10.0 Å². The molecule has 1 heterocycles. The van der Waals surface area contributed by atoms with E-state index in [1.165, 1.54) is 12.1 Å². The van der Waals surface area contributed by atoms with Gasteiger partial charge in [-0.15, -0.1) is 0 Å². The largest absolute Gasteiger partial charge is 0.343 e. The Morgan fingerprint density at radius 2 is 1.63 bits per heavy atom. The number of benzene rings is 2. The molecule has 2 amide bonds. The van der Waals surface area contributed by atoms with Crippen molar-refractivity contribution in [2.75, 3.05) is 17.2 Å². The molecule has 7 nitrogen and oxygen atoms in total. The maximum absolute atomic E-state index is 12.2. The number of amides is 2. The summed E-state index contributed by atoms with van der Waals surface area (Å²) in [6.07, 6.45) is 0. The fourth-order valence-corrected chi connectivity index (χ4v) is 3.21.